The number of hydrogen-bond donors (Lipinski definition) is 0. The van der Waals surface area contributed by atoms with Crippen LogP contribution in [0.15, 0.2) is 65.6 Å². The molecule has 0 N–H and O–H groups in total. The molecule has 0 atom stereocenters. The highest BCUT2D eigenvalue weighted by molar-refractivity contribution is 7.88. The smallest absolute Gasteiger partial charge is 0.213 e. The maximum Gasteiger partial charge on any atom is 0.313 e. The lowest BCUT2D eigenvalue weighted by atomic mass is 9.74. The van der Waals surface area contributed by atoms with Crippen LogP contribution in [0, 0.1) is 5.41 Å². The maximum atomic E-state index is 12.5. The lowest BCUT2D eigenvalue weighted by molar-refractivity contribution is -0.0945. The van der Waals surface area contributed by atoms with E-state index in [0.29, 0.717) is 38.9 Å². The predicted molar refractivity (Wildman–Crippen MR) is 116 cm³/mol. The van der Waals surface area contributed by atoms with Gasteiger partial charge in [0.2, 0.25) is 10.0 Å². The second kappa shape index (κ2) is 9.15. The zero-order valence-corrected chi connectivity index (χ0v) is 18.9. The Balaban J connectivity index is 1.74. The van der Waals surface area contributed by atoms with Crippen LogP contribution in [-0.4, -0.2) is 59.1 Å². The summed E-state index contributed by atoms with van der Waals surface area (Å²) in [5.74, 6) is 0. The van der Waals surface area contributed by atoms with E-state index in [9.17, 15) is 16.8 Å². The third-order valence-corrected chi connectivity index (χ3v) is 8.08. The molecule has 30 heavy (non-hydrogen) atoms. The van der Waals surface area contributed by atoms with Gasteiger partial charge in [0.05, 0.1) is 11.2 Å². The number of hydroxylamine groups is 2. The first-order valence-electron chi connectivity index (χ1n) is 9.80. The van der Waals surface area contributed by atoms with Gasteiger partial charge >= 0.3 is 10.1 Å². The van der Waals surface area contributed by atoms with Gasteiger partial charge in [-0.05, 0) is 42.4 Å². The third kappa shape index (κ3) is 5.89. The number of hydrogen-bond acceptors (Lipinski definition) is 6. The van der Waals surface area contributed by atoms with Gasteiger partial charge in [-0.1, -0.05) is 48.5 Å². The minimum atomic E-state index is -3.88. The van der Waals surface area contributed by atoms with Crippen molar-refractivity contribution in [2.75, 3.05) is 32.9 Å². The van der Waals surface area contributed by atoms with Crippen LogP contribution in [0.4, 0.5) is 0 Å². The van der Waals surface area contributed by atoms with Crippen molar-refractivity contribution in [3.05, 3.63) is 66.2 Å². The Morgan fingerprint density at radius 2 is 1.47 bits per heavy atom. The summed E-state index contributed by atoms with van der Waals surface area (Å²) in [6.45, 7) is 1.17. The first-order valence-corrected chi connectivity index (χ1v) is 13.1. The summed E-state index contributed by atoms with van der Waals surface area (Å²) in [5, 5.41) is 1.46. The van der Waals surface area contributed by atoms with Crippen molar-refractivity contribution in [3.8, 4) is 0 Å². The van der Waals surface area contributed by atoms with E-state index in [2.05, 4.69) is 0 Å². The first kappa shape index (κ1) is 22.9. The molecule has 2 aromatic carbocycles. The van der Waals surface area contributed by atoms with Crippen LogP contribution in [0.5, 0.6) is 0 Å². The molecule has 0 bridgehead atoms. The van der Waals surface area contributed by atoms with E-state index in [4.69, 9.17) is 4.28 Å². The summed E-state index contributed by atoms with van der Waals surface area (Å²) in [4.78, 5) is 0.114. The molecule has 1 aliphatic heterocycles. The van der Waals surface area contributed by atoms with Gasteiger partial charge in [-0.25, -0.2) is 12.7 Å². The summed E-state index contributed by atoms with van der Waals surface area (Å²) in [6.07, 6.45) is 3.15. The lowest BCUT2D eigenvalue weighted by Gasteiger charge is -2.42. The van der Waals surface area contributed by atoms with Crippen molar-refractivity contribution < 1.29 is 21.1 Å². The number of sulfonamides is 1. The summed E-state index contributed by atoms with van der Waals surface area (Å²) >= 11 is 0. The molecule has 2 aromatic rings. The molecule has 0 aliphatic carbocycles. The number of piperidine rings is 1. The average Bonchev–Trinajstić information content (AvgIpc) is 2.70. The van der Waals surface area contributed by atoms with E-state index in [-0.39, 0.29) is 10.3 Å². The van der Waals surface area contributed by atoms with Crippen molar-refractivity contribution in [1.82, 2.24) is 9.37 Å². The molecule has 0 saturated carbocycles. The van der Waals surface area contributed by atoms with Crippen molar-refractivity contribution in [2.24, 2.45) is 5.41 Å². The summed E-state index contributed by atoms with van der Waals surface area (Å²) < 4.78 is 55.8. The number of benzene rings is 2. The van der Waals surface area contributed by atoms with Gasteiger partial charge < -0.3 is 0 Å². The van der Waals surface area contributed by atoms with E-state index < -0.39 is 20.1 Å². The molecule has 0 unspecified atom stereocenters. The van der Waals surface area contributed by atoms with Crippen LogP contribution in [0.2, 0.25) is 0 Å². The molecule has 1 aliphatic rings. The van der Waals surface area contributed by atoms with Crippen LogP contribution in [0.25, 0.3) is 0 Å². The van der Waals surface area contributed by atoms with E-state index in [1.54, 1.807) is 25.2 Å². The quantitative estimate of drug-likeness (QED) is 0.612. The largest absolute Gasteiger partial charge is 0.313 e. The molecular formula is C21H28N2O5S2. The normalized spacial score (nSPS) is 17.8. The van der Waals surface area contributed by atoms with Crippen molar-refractivity contribution in [2.45, 2.75) is 24.2 Å². The average molecular weight is 453 g/mol. The monoisotopic (exact) mass is 452 g/mol. The van der Waals surface area contributed by atoms with Crippen LogP contribution in [0.3, 0.4) is 0 Å². The molecule has 9 heteroatoms. The fourth-order valence-corrected chi connectivity index (χ4v) is 5.32. The topological polar surface area (TPSA) is 84.0 Å². The van der Waals surface area contributed by atoms with Crippen molar-refractivity contribution in [3.63, 3.8) is 0 Å². The molecule has 1 fully saturated rings. The highest BCUT2D eigenvalue weighted by Crippen LogP contribution is 2.37. The zero-order valence-electron chi connectivity index (χ0n) is 17.3. The van der Waals surface area contributed by atoms with Gasteiger partial charge in [0, 0.05) is 26.7 Å². The molecule has 0 amide bonds. The first-order chi connectivity index (χ1) is 14.1. The van der Waals surface area contributed by atoms with E-state index in [1.165, 1.54) is 27.8 Å². The third-order valence-electron chi connectivity index (χ3n) is 5.56. The van der Waals surface area contributed by atoms with Crippen molar-refractivity contribution >= 4 is 20.1 Å². The zero-order chi connectivity index (χ0) is 21.8. The Morgan fingerprint density at radius 1 is 0.933 bits per heavy atom. The van der Waals surface area contributed by atoms with Gasteiger partial charge in [-0.2, -0.15) is 17.8 Å². The number of rotatable bonds is 8. The van der Waals surface area contributed by atoms with Gasteiger partial charge in [-0.15, -0.1) is 0 Å². The SMILES string of the molecule is CN(CC1(Cc2ccccc2)CCN(OS(=O)(=O)c2ccccc2)CC1)S(C)(=O)=O. The Hall–Kier alpha value is -1.78. The van der Waals surface area contributed by atoms with Gasteiger partial charge in [0.15, 0.2) is 0 Å². The summed E-state index contributed by atoms with van der Waals surface area (Å²) in [6, 6.07) is 18.0. The summed E-state index contributed by atoms with van der Waals surface area (Å²) in [5.41, 5.74) is 0.834. The highest BCUT2D eigenvalue weighted by Gasteiger charge is 2.38. The van der Waals surface area contributed by atoms with Crippen LogP contribution < -0.4 is 0 Å². The molecule has 1 heterocycles. The molecule has 1 saturated heterocycles. The minimum Gasteiger partial charge on any atom is -0.213 e. The Kier molecular flexibility index (Phi) is 6.98. The van der Waals surface area contributed by atoms with Crippen LogP contribution in [-0.2, 0) is 30.8 Å². The maximum absolute atomic E-state index is 12.5. The Morgan fingerprint density at radius 3 is 2.00 bits per heavy atom. The molecule has 0 aromatic heterocycles. The molecule has 0 radical (unpaired) electrons. The minimum absolute atomic E-state index is 0.114. The Labute approximate surface area is 179 Å². The van der Waals surface area contributed by atoms with Gasteiger partial charge in [-0.3, -0.25) is 0 Å². The molecule has 0 spiro atoms. The standard InChI is InChI=1S/C21H28N2O5S2/c1-22(29(2,24)25)18-21(17-19-9-5-3-6-10-19)13-15-23(16-14-21)28-30(26,27)20-11-7-4-8-12-20/h3-12H,13-18H2,1-2H3. The summed E-state index contributed by atoms with van der Waals surface area (Å²) in [7, 11) is -5.61. The molecule has 3 rings (SSSR count). The molecule has 164 valence electrons. The molecular weight excluding hydrogens is 424 g/mol. The van der Waals surface area contributed by atoms with Crippen molar-refractivity contribution in [1.29, 1.82) is 0 Å². The molecule has 7 nitrogen and oxygen atoms in total. The fraction of sp³-hybridized carbons (Fsp3) is 0.429. The second-order valence-electron chi connectivity index (χ2n) is 7.95. The van der Waals surface area contributed by atoms with E-state index in [0.717, 1.165) is 5.56 Å². The predicted octanol–water partition coefficient (Wildman–Crippen LogP) is 2.52. The Bertz CT molecular complexity index is 1030. The van der Waals surface area contributed by atoms with Gasteiger partial charge in [0.1, 0.15) is 0 Å². The van der Waals surface area contributed by atoms with E-state index in [1.807, 2.05) is 30.3 Å². The van der Waals surface area contributed by atoms with E-state index >= 15 is 0 Å². The van der Waals surface area contributed by atoms with Crippen LogP contribution in [0.1, 0.15) is 18.4 Å². The van der Waals surface area contributed by atoms with Crippen LogP contribution >= 0.6 is 0 Å². The fourth-order valence-electron chi connectivity index (χ4n) is 3.81. The second-order valence-corrected chi connectivity index (χ2v) is 11.6. The highest BCUT2D eigenvalue weighted by atomic mass is 32.2. The lowest BCUT2D eigenvalue weighted by Crippen LogP contribution is -2.48. The van der Waals surface area contributed by atoms with Gasteiger partial charge in [0.25, 0.3) is 0 Å². The number of nitrogens with zero attached hydrogens (tertiary/aromatic N) is 2.